The van der Waals surface area contributed by atoms with Crippen LogP contribution in [0.2, 0.25) is 0 Å². The topological polar surface area (TPSA) is 64.0 Å². The second kappa shape index (κ2) is 9.38. The zero-order chi connectivity index (χ0) is 21.6. The van der Waals surface area contributed by atoms with Gasteiger partial charge in [-0.25, -0.2) is 4.79 Å². The predicted molar refractivity (Wildman–Crippen MR) is 118 cm³/mol. The fraction of sp³-hybridized carbons (Fsp3) is 0.250. The quantitative estimate of drug-likeness (QED) is 0.575. The molecule has 1 saturated heterocycles. The Hall–Kier alpha value is -3.74. The summed E-state index contributed by atoms with van der Waals surface area (Å²) in [5.41, 5.74) is 2.30. The Bertz CT molecular complexity index is 1040. The molecule has 2 aromatic carbocycles. The Morgan fingerprint density at radius 1 is 0.903 bits per heavy atom. The van der Waals surface area contributed by atoms with E-state index in [1.807, 2.05) is 59.4 Å². The molecule has 1 aliphatic heterocycles. The second-order valence-corrected chi connectivity index (χ2v) is 7.26. The van der Waals surface area contributed by atoms with Crippen molar-refractivity contribution in [3.8, 4) is 11.4 Å². The van der Waals surface area contributed by atoms with Crippen molar-refractivity contribution in [1.82, 2.24) is 9.47 Å². The normalized spacial score (nSPS) is 13.7. The summed E-state index contributed by atoms with van der Waals surface area (Å²) in [6.45, 7) is 2.26. The first-order chi connectivity index (χ1) is 15.2. The third-order valence-corrected chi connectivity index (χ3v) is 5.37. The minimum absolute atomic E-state index is 0.186. The predicted octanol–water partition coefficient (Wildman–Crippen LogP) is 2.99. The summed E-state index contributed by atoms with van der Waals surface area (Å²) in [4.78, 5) is 28.9. The number of benzene rings is 2. The number of ether oxygens (including phenoxy) is 2. The van der Waals surface area contributed by atoms with Crippen LogP contribution in [0.15, 0.2) is 73.1 Å². The van der Waals surface area contributed by atoms with E-state index in [4.69, 9.17) is 9.47 Å². The molecule has 0 N–H and O–H groups in total. The van der Waals surface area contributed by atoms with Crippen LogP contribution in [0.5, 0.6) is 5.75 Å². The molecule has 0 saturated carbocycles. The molecular weight excluding hydrogens is 394 g/mol. The van der Waals surface area contributed by atoms with Crippen LogP contribution in [0.4, 0.5) is 5.69 Å². The summed E-state index contributed by atoms with van der Waals surface area (Å²) in [6, 6.07) is 18.8. The van der Waals surface area contributed by atoms with Gasteiger partial charge in [-0.1, -0.05) is 18.2 Å². The molecule has 2 heterocycles. The molecule has 1 fully saturated rings. The number of rotatable bonds is 6. The number of nitrogens with zero attached hydrogens (tertiary/aromatic N) is 3. The van der Waals surface area contributed by atoms with E-state index in [0.717, 1.165) is 17.1 Å². The SMILES string of the molecule is COc1ccccc1N1CCN(C(=O)COC(=O)c2cccc(-n3cccc3)c2)CC1. The van der Waals surface area contributed by atoms with Gasteiger partial charge >= 0.3 is 5.97 Å². The molecule has 160 valence electrons. The number of hydrogen-bond acceptors (Lipinski definition) is 5. The molecule has 0 bridgehead atoms. The highest BCUT2D eigenvalue weighted by Gasteiger charge is 2.23. The fourth-order valence-electron chi connectivity index (χ4n) is 3.69. The minimum atomic E-state index is -0.505. The maximum Gasteiger partial charge on any atom is 0.338 e. The average molecular weight is 419 g/mol. The molecule has 0 radical (unpaired) electrons. The van der Waals surface area contributed by atoms with Gasteiger partial charge < -0.3 is 23.8 Å². The molecule has 1 amide bonds. The molecule has 0 atom stereocenters. The monoisotopic (exact) mass is 419 g/mol. The van der Waals surface area contributed by atoms with Crippen molar-refractivity contribution >= 4 is 17.6 Å². The minimum Gasteiger partial charge on any atom is -0.495 e. The van der Waals surface area contributed by atoms with Gasteiger partial charge in [-0.15, -0.1) is 0 Å². The fourth-order valence-corrected chi connectivity index (χ4v) is 3.69. The van der Waals surface area contributed by atoms with Crippen LogP contribution in [0, 0.1) is 0 Å². The van der Waals surface area contributed by atoms with E-state index in [9.17, 15) is 9.59 Å². The van der Waals surface area contributed by atoms with E-state index in [-0.39, 0.29) is 12.5 Å². The van der Waals surface area contributed by atoms with E-state index < -0.39 is 5.97 Å². The molecule has 7 nitrogen and oxygen atoms in total. The zero-order valence-corrected chi connectivity index (χ0v) is 17.4. The Labute approximate surface area is 181 Å². The maximum atomic E-state index is 12.6. The van der Waals surface area contributed by atoms with Crippen LogP contribution in [-0.2, 0) is 9.53 Å². The molecule has 0 unspecified atom stereocenters. The van der Waals surface area contributed by atoms with Crippen molar-refractivity contribution in [2.75, 3.05) is 44.8 Å². The van der Waals surface area contributed by atoms with Crippen LogP contribution in [0.1, 0.15) is 10.4 Å². The van der Waals surface area contributed by atoms with E-state index in [1.165, 1.54) is 0 Å². The number of amides is 1. The molecular formula is C24H25N3O4. The summed E-state index contributed by atoms with van der Waals surface area (Å²) in [5.74, 6) is 0.128. The van der Waals surface area contributed by atoms with Crippen molar-refractivity contribution in [3.05, 3.63) is 78.6 Å². The highest BCUT2D eigenvalue weighted by atomic mass is 16.5. The largest absolute Gasteiger partial charge is 0.495 e. The van der Waals surface area contributed by atoms with Gasteiger partial charge in [0.15, 0.2) is 6.61 Å². The number of carbonyl (C=O) groups excluding carboxylic acids is 2. The molecule has 1 aromatic heterocycles. The van der Waals surface area contributed by atoms with Crippen LogP contribution in [0.25, 0.3) is 5.69 Å². The van der Waals surface area contributed by atoms with Crippen molar-refractivity contribution in [2.45, 2.75) is 0 Å². The number of esters is 1. The highest BCUT2D eigenvalue weighted by Crippen LogP contribution is 2.28. The van der Waals surface area contributed by atoms with Gasteiger partial charge in [-0.3, -0.25) is 4.79 Å². The molecule has 31 heavy (non-hydrogen) atoms. The summed E-state index contributed by atoms with van der Waals surface area (Å²) >= 11 is 0. The molecule has 7 heteroatoms. The first-order valence-corrected chi connectivity index (χ1v) is 10.2. The lowest BCUT2D eigenvalue weighted by atomic mass is 10.2. The van der Waals surface area contributed by atoms with Gasteiger partial charge in [-0.05, 0) is 42.5 Å². The Balaban J connectivity index is 1.30. The smallest absolute Gasteiger partial charge is 0.338 e. The lowest BCUT2D eigenvalue weighted by molar-refractivity contribution is -0.134. The van der Waals surface area contributed by atoms with Crippen LogP contribution in [-0.4, -0.2) is 61.2 Å². The lowest BCUT2D eigenvalue weighted by Gasteiger charge is -2.36. The Morgan fingerprint density at radius 2 is 1.65 bits per heavy atom. The second-order valence-electron chi connectivity index (χ2n) is 7.26. The molecule has 0 spiro atoms. The van der Waals surface area contributed by atoms with Gasteiger partial charge in [0, 0.05) is 44.3 Å². The van der Waals surface area contributed by atoms with Crippen LogP contribution >= 0.6 is 0 Å². The van der Waals surface area contributed by atoms with Gasteiger partial charge in [0.2, 0.25) is 0 Å². The lowest BCUT2D eigenvalue weighted by Crippen LogP contribution is -2.50. The number of para-hydroxylation sites is 2. The van der Waals surface area contributed by atoms with Crippen molar-refractivity contribution in [2.24, 2.45) is 0 Å². The Morgan fingerprint density at radius 3 is 2.39 bits per heavy atom. The van der Waals surface area contributed by atoms with Gasteiger partial charge in [0.05, 0.1) is 18.4 Å². The first kappa shape index (κ1) is 20.5. The summed E-state index contributed by atoms with van der Waals surface area (Å²) in [5, 5.41) is 0. The highest BCUT2D eigenvalue weighted by molar-refractivity contribution is 5.92. The number of methoxy groups -OCH3 is 1. The van der Waals surface area contributed by atoms with Gasteiger partial charge in [0.25, 0.3) is 5.91 Å². The third-order valence-electron chi connectivity index (χ3n) is 5.37. The maximum absolute atomic E-state index is 12.6. The number of carbonyl (C=O) groups is 2. The van der Waals surface area contributed by atoms with Gasteiger partial charge in [-0.2, -0.15) is 0 Å². The van der Waals surface area contributed by atoms with Gasteiger partial charge in [0.1, 0.15) is 5.75 Å². The summed E-state index contributed by atoms with van der Waals surface area (Å²) in [6.07, 6.45) is 3.80. The number of anilines is 1. The summed E-state index contributed by atoms with van der Waals surface area (Å²) in [7, 11) is 1.65. The molecule has 3 aromatic rings. The average Bonchev–Trinajstić information content (AvgIpc) is 3.37. The van der Waals surface area contributed by atoms with E-state index in [2.05, 4.69) is 4.90 Å². The van der Waals surface area contributed by atoms with Crippen LogP contribution in [0.3, 0.4) is 0 Å². The van der Waals surface area contributed by atoms with E-state index in [0.29, 0.717) is 31.7 Å². The number of aromatic nitrogens is 1. The van der Waals surface area contributed by atoms with E-state index in [1.54, 1.807) is 30.2 Å². The van der Waals surface area contributed by atoms with Crippen LogP contribution < -0.4 is 9.64 Å². The summed E-state index contributed by atoms with van der Waals surface area (Å²) < 4.78 is 12.6. The zero-order valence-electron chi connectivity index (χ0n) is 17.4. The first-order valence-electron chi connectivity index (χ1n) is 10.2. The molecule has 1 aliphatic rings. The van der Waals surface area contributed by atoms with Crippen molar-refractivity contribution in [3.63, 3.8) is 0 Å². The molecule has 0 aliphatic carbocycles. The van der Waals surface area contributed by atoms with Crippen molar-refractivity contribution < 1.29 is 19.1 Å². The third kappa shape index (κ3) is 4.71. The van der Waals surface area contributed by atoms with E-state index >= 15 is 0 Å². The van der Waals surface area contributed by atoms with Crippen molar-refractivity contribution in [1.29, 1.82) is 0 Å². The number of piperazine rings is 1. The Kier molecular flexibility index (Phi) is 6.21. The number of hydrogen-bond donors (Lipinski definition) is 0. The standard InChI is InChI=1S/C24H25N3O4/c1-30-22-10-3-2-9-21(22)26-13-15-27(16-14-26)23(28)18-31-24(29)19-7-6-8-20(17-19)25-11-4-5-12-25/h2-12,17H,13-16,18H2,1H3. The molecule has 4 rings (SSSR count).